The Morgan fingerprint density at radius 2 is 1.18 bits per heavy atom. The van der Waals surface area contributed by atoms with Crippen LogP contribution < -0.4 is 11.5 Å². The topological polar surface area (TPSA) is 52.0 Å². The maximum absolute atomic E-state index is 6.03. The molecule has 4 N–H and O–H groups in total. The van der Waals surface area contributed by atoms with Gasteiger partial charge in [0.05, 0.1) is 0 Å². The van der Waals surface area contributed by atoms with Crippen molar-refractivity contribution in [2.24, 2.45) is 0 Å². The average molecular weight is 294 g/mol. The van der Waals surface area contributed by atoms with Gasteiger partial charge in [0.1, 0.15) is 0 Å². The Balaban J connectivity index is 2.15. The van der Waals surface area contributed by atoms with Crippen molar-refractivity contribution in [3.05, 3.63) is 58.7 Å². The molecule has 22 heavy (non-hydrogen) atoms. The van der Waals surface area contributed by atoms with Crippen molar-refractivity contribution in [1.82, 2.24) is 0 Å². The molecule has 0 unspecified atom stereocenters. The Morgan fingerprint density at radius 1 is 0.727 bits per heavy atom. The zero-order valence-corrected chi connectivity index (χ0v) is 13.7. The average Bonchev–Trinajstić information content (AvgIpc) is 2.53. The summed E-state index contributed by atoms with van der Waals surface area (Å²) in [6.45, 7) is 4.20. The van der Waals surface area contributed by atoms with Gasteiger partial charge < -0.3 is 11.5 Å². The van der Waals surface area contributed by atoms with Crippen LogP contribution in [0.15, 0.2) is 36.4 Å². The Bertz CT molecular complexity index is 629. The third-order valence-electron chi connectivity index (χ3n) is 5.35. The molecule has 1 fully saturated rings. The van der Waals surface area contributed by atoms with E-state index in [4.69, 9.17) is 11.5 Å². The minimum atomic E-state index is 0.120. The summed E-state index contributed by atoms with van der Waals surface area (Å²) in [4.78, 5) is 0. The van der Waals surface area contributed by atoms with Gasteiger partial charge in [0.25, 0.3) is 0 Å². The van der Waals surface area contributed by atoms with Gasteiger partial charge in [-0.05, 0) is 61.1 Å². The van der Waals surface area contributed by atoms with Gasteiger partial charge in [0.2, 0.25) is 0 Å². The highest BCUT2D eigenvalue weighted by Crippen LogP contribution is 2.45. The predicted molar refractivity (Wildman–Crippen MR) is 95.0 cm³/mol. The molecule has 0 heterocycles. The van der Waals surface area contributed by atoms with Gasteiger partial charge >= 0.3 is 0 Å². The SMILES string of the molecule is Cc1cc(C2(c3ccc(N)c(C)c3)CCCCC2)ccc1N. The van der Waals surface area contributed by atoms with Crippen molar-refractivity contribution in [1.29, 1.82) is 0 Å². The van der Waals surface area contributed by atoms with Gasteiger partial charge in [-0.15, -0.1) is 0 Å². The fraction of sp³-hybridized carbons (Fsp3) is 0.400. The van der Waals surface area contributed by atoms with E-state index >= 15 is 0 Å². The molecular formula is C20H26N2. The number of anilines is 2. The van der Waals surface area contributed by atoms with E-state index in [1.54, 1.807) is 0 Å². The van der Waals surface area contributed by atoms with E-state index in [1.165, 1.54) is 54.4 Å². The summed E-state index contributed by atoms with van der Waals surface area (Å²) in [7, 11) is 0. The minimum Gasteiger partial charge on any atom is -0.399 e. The third-order valence-corrected chi connectivity index (χ3v) is 5.35. The molecule has 2 aromatic rings. The Morgan fingerprint density at radius 3 is 1.59 bits per heavy atom. The highest BCUT2D eigenvalue weighted by Gasteiger charge is 2.36. The fourth-order valence-corrected chi connectivity index (χ4v) is 3.85. The lowest BCUT2D eigenvalue weighted by atomic mass is 9.65. The minimum absolute atomic E-state index is 0.120. The molecule has 0 saturated heterocycles. The van der Waals surface area contributed by atoms with Crippen molar-refractivity contribution in [2.45, 2.75) is 51.4 Å². The van der Waals surface area contributed by atoms with Crippen LogP contribution in [0.25, 0.3) is 0 Å². The summed E-state index contributed by atoms with van der Waals surface area (Å²) >= 11 is 0. The standard InChI is InChI=1S/C20H26N2/c1-14-12-16(6-8-18(14)21)20(10-4-3-5-11-20)17-7-9-19(22)15(2)13-17/h6-9,12-13H,3-5,10-11,21-22H2,1-2H3. The van der Waals surface area contributed by atoms with Crippen LogP contribution in [0.2, 0.25) is 0 Å². The van der Waals surface area contributed by atoms with Crippen LogP contribution in [0.1, 0.15) is 54.4 Å². The Kier molecular flexibility index (Phi) is 3.86. The summed E-state index contributed by atoms with van der Waals surface area (Å²) in [5.41, 5.74) is 19.1. The highest BCUT2D eigenvalue weighted by atomic mass is 14.6. The molecule has 1 aliphatic carbocycles. The first-order chi connectivity index (χ1) is 10.5. The van der Waals surface area contributed by atoms with Gasteiger partial charge in [-0.1, -0.05) is 43.5 Å². The molecule has 0 radical (unpaired) electrons. The second-order valence-electron chi connectivity index (χ2n) is 6.79. The highest BCUT2D eigenvalue weighted by molar-refractivity contribution is 5.54. The van der Waals surface area contributed by atoms with Gasteiger partial charge in [-0.2, -0.15) is 0 Å². The fourth-order valence-electron chi connectivity index (χ4n) is 3.85. The van der Waals surface area contributed by atoms with E-state index in [9.17, 15) is 0 Å². The van der Waals surface area contributed by atoms with Crippen LogP contribution in [0, 0.1) is 13.8 Å². The molecule has 0 amide bonds. The molecule has 0 bridgehead atoms. The van der Waals surface area contributed by atoms with E-state index < -0.39 is 0 Å². The van der Waals surface area contributed by atoms with Crippen LogP contribution in [0.5, 0.6) is 0 Å². The van der Waals surface area contributed by atoms with Crippen LogP contribution in [-0.4, -0.2) is 0 Å². The van der Waals surface area contributed by atoms with Gasteiger partial charge in [0.15, 0.2) is 0 Å². The number of hydrogen-bond donors (Lipinski definition) is 2. The summed E-state index contributed by atoms with van der Waals surface area (Å²) in [6.07, 6.45) is 6.32. The number of rotatable bonds is 2. The molecule has 0 aromatic heterocycles. The summed E-state index contributed by atoms with van der Waals surface area (Å²) in [5.74, 6) is 0. The zero-order chi connectivity index (χ0) is 15.7. The first-order valence-electron chi connectivity index (χ1n) is 8.26. The Hall–Kier alpha value is -1.96. The molecule has 0 atom stereocenters. The number of benzene rings is 2. The lowest BCUT2D eigenvalue weighted by Gasteiger charge is -2.39. The summed E-state index contributed by atoms with van der Waals surface area (Å²) in [6, 6.07) is 13.1. The predicted octanol–water partition coefficient (Wildman–Crippen LogP) is 4.72. The van der Waals surface area contributed by atoms with Crippen molar-refractivity contribution in [3.8, 4) is 0 Å². The second-order valence-corrected chi connectivity index (χ2v) is 6.79. The van der Waals surface area contributed by atoms with Gasteiger partial charge in [-0.25, -0.2) is 0 Å². The smallest absolute Gasteiger partial charge is 0.0343 e. The molecule has 1 saturated carbocycles. The van der Waals surface area contributed by atoms with E-state index in [2.05, 4.69) is 50.2 Å². The number of hydrogen-bond acceptors (Lipinski definition) is 2. The van der Waals surface area contributed by atoms with Crippen LogP contribution in [-0.2, 0) is 5.41 Å². The zero-order valence-electron chi connectivity index (χ0n) is 13.7. The maximum Gasteiger partial charge on any atom is 0.0343 e. The normalized spacial score (nSPS) is 17.4. The molecule has 0 aliphatic heterocycles. The molecule has 3 rings (SSSR count). The second kappa shape index (κ2) is 5.68. The lowest BCUT2D eigenvalue weighted by molar-refractivity contribution is 0.346. The molecular weight excluding hydrogens is 268 g/mol. The molecule has 2 nitrogen and oxygen atoms in total. The molecule has 2 aromatic carbocycles. The van der Waals surface area contributed by atoms with E-state index in [0.29, 0.717) is 0 Å². The van der Waals surface area contributed by atoms with Crippen molar-refractivity contribution in [3.63, 3.8) is 0 Å². The van der Waals surface area contributed by atoms with Gasteiger partial charge in [0, 0.05) is 16.8 Å². The van der Waals surface area contributed by atoms with Crippen molar-refractivity contribution < 1.29 is 0 Å². The number of nitrogens with two attached hydrogens (primary N) is 2. The maximum atomic E-state index is 6.03. The van der Waals surface area contributed by atoms with Crippen LogP contribution in [0.4, 0.5) is 11.4 Å². The molecule has 0 spiro atoms. The first-order valence-corrected chi connectivity index (χ1v) is 8.26. The third kappa shape index (κ3) is 2.47. The number of nitrogen functional groups attached to an aromatic ring is 2. The molecule has 116 valence electrons. The molecule has 1 aliphatic rings. The van der Waals surface area contributed by atoms with Crippen molar-refractivity contribution in [2.75, 3.05) is 11.5 Å². The summed E-state index contributed by atoms with van der Waals surface area (Å²) < 4.78 is 0. The van der Waals surface area contributed by atoms with Crippen LogP contribution in [0.3, 0.4) is 0 Å². The van der Waals surface area contributed by atoms with E-state index in [-0.39, 0.29) is 5.41 Å². The van der Waals surface area contributed by atoms with Crippen molar-refractivity contribution >= 4 is 11.4 Å². The molecule has 2 heteroatoms. The quantitative estimate of drug-likeness (QED) is 0.787. The monoisotopic (exact) mass is 294 g/mol. The van der Waals surface area contributed by atoms with Gasteiger partial charge in [-0.3, -0.25) is 0 Å². The van der Waals surface area contributed by atoms with E-state index in [1.807, 2.05) is 0 Å². The number of aryl methyl sites for hydroxylation is 2. The van der Waals surface area contributed by atoms with E-state index in [0.717, 1.165) is 11.4 Å². The first kappa shape index (κ1) is 15.0. The lowest BCUT2D eigenvalue weighted by Crippen LogP contribution is -2.30. The largest absolute Gasteiger partial charge is 0.399 e. The Labute approximate surface area is 133 Å². The van der Waals surface area contributed by atoms with Crippen LogP contribution >= 0.6 is 0 Å². The summed E-state index contributed by atoms with van der Waals surface area (Å²) in [5, 5.41) is 0.